The van der Waals surface area contributed by atoms with Crippen LogP contribution in [-0.4, -0.2) is 20.0 Å². The molecule has 1 aromatic carbocycles. The van der Waals surface area contributed by atoms with E-state index in [0.29, 0.717) is 18.1 Å². The fraction of sp³-hybridized carbons (Fsp3) is 0.250. The maximum absolute atomic E-state index is 7.47. The summed E-state index contributed by atoms with van der Waals surface area (Å²) in [7, 11) is 3.21. The molecule has 1 rings (SSSR count). The predicted octanol–water partition coefficient (Wildman–Crippen LogP) is 0.252. The smallest absolute Gasteiger partial charge is 0.145 e. The van der Waals surface area contributed by atoms with Crippen LogP contribution in [0.15, 0.2) is 41.8 Å². The van der Waals surface area contributed by atoms with E-state index >= 15 is 0 Å². The SMILES string of the molecule is CN/C(NCc1ccccc1)=C(/NOC)C(=N)N. The quantitative estimate of drug-likeness (QED) is 0.271. The fourth-order valence-electron chi connectivity index (χ4n) is 1.43. The van der Waals surface area contributed by atoms with Crippen molar-refractivity contribution in [1.82, 2.24) is 16.1 Å². The number of hydrogen-bond acceptors (Lipinski definition) is 5. The van der Waals surface area contributed by atoms with E-state index in [1.54, 1.807) is 7.05 Å². The van der Waals surface area contributed by atoms with Gasteiger partial charge in [-0.1, -0.05) is 30.3 Å². The highest BCUT2D eigenvalue weighted by molar-refractivity contribution is 5.94. The molecular weight excluding hydrogens is 230 g/mol. The van der Waals surface area contributed by atoms with Crippen LogP contribution in [0.4, 0.5) is 0 Å². The lowest BCUT2D eigenvalue weighted by Crippen LogP contribution is -2.35. The number of amidine groups is 1. The molecule has 0 atom stereocenters. The van der Waals surface area contributed by atoms with Gasteiger partial charge in [-0.15, -0.1) is 0 Å². The molecule has 0 aliphatic carbocycles. The molecule has 0 aromatic heterocycles. The van der Waals surface area contributed by atoms with Gasteiger partial charge in [0.1, 0.15) is 17.4 Å². The highest BCUT2D eigenvalue weighted by Gasteiger charge is 2.08. The molecule has 0 bridgehead atoms. The van der Waals surface area contributed by atoms with E-state index in [9.17, 15) is 0 Å². The summed E-state index contributed by atoms with van der Waals surface area (Å²) in [6.07, 6.45) is 0. The summed E-state index contributed by atoms with van der Waals surface area (Å²) in [4.78, 5) is 4.79. The minimum absolute atomic E-state index is 0.109. The summed E-state index contributed by atoms with van der Waals surface area (Å²) in [6.45, 7) is 0.624. The van der Waals surface area contributed by atoms with Crippen molar-refractivity contribution in [3.63, 3.8) is 0 Å². The predicted molar refractivity (Wildman–Crippen MR) is 71.4 cm³/mol. The summed E-state index contributed by atoms with van der Waals surface area (Å²) in [5.41, 5.74) is 9.55. The van der Waals surface area contributed by atoms with Crippen LogP contribution in [0.1, 0.15) is 5.56 Å². The second-order valence-electron chi connectivity index (χ2n) is 3.56. The lowest BCUT2D eigenvalue weighted by Gasteiger charge is -2.16. The van der Waals surface area contributed by atoms with Gasteiger partial charge in [-0.05, 0) is 5.56 Å². The molecule has 0 fully saturated rings. The van der Waals surface area contributed by atoms with E-state index in [1.807, 2.05) is 30.3 Å². The Kier molecular flexibility index (Phi) is 5.53. The number of nitrogens with two attached hydrogens (primary N) is 1. The van der Waals surface area contributed by atoms with Crippen molar-refractivity contribution in [3.05, 3.63) is 47.4 Å². The maximum atomic E-state index is 7.47. The van der Waals surface area contributed by atoms with Crippen LogP contribution < -0.4 is 21.8 Å². The standard InChI is InChI=1S/C12H19N5O/c1-15-12(10(11(13)14)17-18-2)16-8-9-6-4-3-5-7-9/h3-7,15-17H,8H2,1-2H3,(H3,13,14)/b12-10-. The fourth-order valence-corrected chi connectivity index (χ4v) is 1.43. The summed E-state index contributed by atoms with van der Waals surface area (Å²) < 4.78 is 0. The Bertz CT molecular complexity index is 416. The van der Waals surface area contributed by atoms with Crippen LogP contribution >= 0.6 is 0 Å². The van der Waals surface area contributed by atoms with Gasteiger partial charge in [0, 0.05) is 13.6 Å². The topological polar surface area (TPSA) is 95.2 Å². The number of hydrogen-bond donors (Lipinski definition) is 5. The molecular formula is C12H19N5O. The maximum Gasteiger partial charge on any atom is 0.145 e. The molecule has 6 N–H and O–H groups in total. The molecule has 0 unspecified atom stereocenters. The van der Waals surface area contributed by atoms with Gasteiger partial charge in [0.2, 0.25) is 0 Å². The average Bonchev–Trinajstić information content (AvgIpc) is 2.39. The lowest BCUT2D eigenvalue weighted by molar-refractivity contribution is 0.121. The van der Waals surface area contributed by atoms with Gasteiger partial charge in [-0.2, -0.15) is 0 Å². The Morgan fingerprint density at radius 1 is 1.33 bits per heavy atom. The molecule has 0 amide bonds. The zero-order chi connectivity index (χ0) is 13.4. The third kappa shape index (κ3) is 3.99. The molecule has 0 spiro atoms. The second kappa shape index (κ2) is 7.18. The molecule has 0 saturated heterocycles. The van der Waals surface area contributed by atoms with Crippen LogP contribution in [0.3, 0.4) is 0 Å². The highest BCUT2D eigenvalue weighted by atomic mass is 16.6. The van der Waals surface area contributed by atoms with Gasteiger partial charge < -0.3 is 16.4 Å². The third-order valence-electron chi connectivity index (χ3n) is 2.29. The van der Waals surface area contributed by atoms with E-state index in [1.165, 1.54) is 7.11 Å². The molecule has 6 heteroatoms. The van der Waals surface area contributed by atoms with Crippen LogP contribution in [0, 0.1) is 5.41 Å². The Morgan fingerprint density at radius 2 is 2.00 bits per heavy atom. The molecule has 0 radical (unpaired) electrons. The van der Waals surface area contributed by atoms with Crippen LogP contribution in [0.25, 0.3) is 0 Å². The minimum atomic E-state index is -0.109. The number of nitrogens with one attached hydrogen (secondary N) is 4. The van der Waals surface area contributed by atoms with Crippen molar-refractivity contribution in [2.24, 2.45) is 5.73 Å². The van der Waals surface area contributed by atoms with Crippen LogP contribution in [0.2, 0.25) is 0 Å². The molecule has 0 aliphatic rings. The molecule has 0 aliphatic heterocycles. The molecule has 6 nitrogen and oxygen atoms in total. The lowest BCUT2D eigenvalue weighted by atomic mass is 10.2. The average molecular weight is 249 g/mol. The first-order valence-electron chi connectivity index (χ1n) is 5.52. The van der Waals surface area contributed by atoms with E-state index < -0.39 is 0 Å². The second-order valence-corrected chi connectivity index (χ2v) is 3.56. The van der Waals surface area contributed by atoms with Gasteiger partial charge in [0.15, 0.2) is 0 Å². The van der Waals surface area contributed by atoms with Crippen molar-refractivity contribution in [2.45, 2.75) is 6.54 Å². The molecule has 98 valence electrons. The number of hydroxylamine groups is 1. The van der Waals surface area contributed by atoms with Crippen molar-refractivity contribution in [2.75, 3.05) is 14.2 Å². The van der Waals surface area contributed by atoms with Crippen LogP contribution in [-0.2, 0) is 11.4 Å². The minimum Gasteiger partial charge on any atom is -0.382 e. The normalized spacial score (nSPS) is 11.4. The number of rotatable bonds is 7. The van der Waals surface area contributed by atoms with Crippen molar-refractivity contribution < 1.29 is 4.84 Å². The highest BCUT2D eigenvalue weighted by Crippen LogP contribution is 2.00. The Labute approximate surface area is 107 Å². The summed E-state index contributed by atoms with van der Waals surface area (Å²) in [5, 5.41) is 13.6. The Hall–Kier alpha value is -2.21. The summed E-state index contributed by atoms with van der Waals surface area (Å²) in [6, 6.07) is 9.93. The Morgan fingerprint density at radius 3 is 2.50 bits per heavy atom. The first-order chi connectivity index (χ1) is 8.69. The molecule has 0 saturated carbocycles. The van der Waals surface area contributed by atoms with E-state index in [4.69, 9.17) is 16.0 Å². The van der Waals surface area contributed by atoms with Crippen LogP contribution in [0.5, 0.6) is 0 Å². The first kappa shape index (κ1) is 13.9. The van der Waals surface area contributed by atoms with E-state index in [2.05, 4.69) is 16.1 Å². The summed E-state index contributed by atoms with van der Waals surface area (Å²) in [5.74, 6) is 0.495. The third-order valence-corrected chi connectivity index (χ3v) is 2.29. The monoisotopic (exact) mass is 249 g/mol. The van der Waals surface area contributed by atoms with Crippen molar-refractivity contribution >= 4 is 5.84 Å². The van der Waals surface area contributed by atoms with Gasteiger partial charge in [0.05, 0.1) is 7.11 Å². The summed E-state index contributed by atoms with van der Waals surface area (Å²) >= 11 is 0. The zero-order valence-electron chi connectivity index (χ0n) is 10.6. The van der Waals surface area contributed by atoms with Gasteiger partial charge in [-0.3, -0.25) is 15.7 Å². The van der Waals surface area contributed by atoms with Gasteiger partial charge in [-0.25, -0.2) is 0 Å². The first-order valence-corrected chi connectivity index (χ1v) is 5.52. The van der Waals surface area contributed by atoms with E-state index in [0.717, 1.165) is 5.56 Å². The van der Waals surface area contributed by atoms with Crippen molar-refractivity contribution in [1.29, 1.82) is 5.41 Å². The number of benzene rings is 1. The van der Waals surface area contributed by atoms with Gasteiger partial charge in [0.25, 0.3) is 0 Å². The molecule has 18 heavy (non-hydrogen) atoms. The zero-order valence-corrected chi connectivity index (χ0v) is 10.6. The largest absolute Gasteiger partial charge is 0.382 e. The Balaban J connectivity index is 2.76. The van der Waals surface area contributed by atoms with E-state index in [-0.39, 0.29) is 5.84 Å². The molecule has 0 heterocycles. The van der Waals surface area contributed by atoms with Crippen molar-refractivity contribution in [3.8, 4) is 0 Å². The molecule has 1 aromatic rings. The van der Waals surface area contributed by atoms with Gasteiger partial charge >= 0.3 is 0 Å².